The first-order valence-electron chi connectivity index (χ1n) is 6.64. The smallest absolute Gasteiger partial charge is 0.322 e. The van der Waals surface area contributed by atoms with Crippen molar-refractivity contribution in [1.29, 1.82) is 0 Å². The number of anilines is 2. The van der Waals surface area contributed by atoms with Crippen molar-refractivity contribution in [3.8, 4) is 0 Å². The van der Waals surface area contributed by atoms with Crippen LogP contribution in [0.5, 0.6) is 0 Å². The lowest BCUT2D eigenvalue weighted by Crippen LogP contribution is -2.36. The number of carboxylic acid groups (broad SMARTS) is 2. The van der Waals surface area contributed by atoms with E-state index >= 15 is 0 Å². The molecule has 8 N–H and O–H groups in total. The molecule has 0 aromatic carbocycles. The first kappa shape index (κ1) is 20.0. The van der Waals surface area contributed by atoms with Gasteiger partial charge in [0.25, 0.3) is 11.8 Å². The molecule has 1 heterocycles. The summed E-state index contributed by atoms with van der Waals surface area (Å²) in [4.78, 5) is 52.4. The van der Waals surface area contributed by atoms with Crippen LogP contribution < -0.4 is 22.1 Å². The molecule has 0 fully saturated rings. The fraction of sp³-hybridized carbons (Fsp3) is 0.333. The lowest BCUT2D eigenvalue weighted by molar-refractivity contribution is -0.137. The van der Waals surface area contributed by atoms with E-state index in [4.69, 9.17) is 21.7 Å². The van der Waals surface area contributed by atoms with Crippen LogP contribution in [-0.4, -0.2) is 62.1 Å². The molecule has 1 rings (SSSR count). The van der Waals surface area contributed by atoms with Crippen molar-refractivity contribution in [2.24, 2.45) is 0 Å². The summed E-state index contributed by atoms with van der Waals surface area (Å²) in [5, 5.41) is 21.0. The van der Waals surface area contributed by atoms with E-state index in [1.54, 1.807) is 6.26 Å². The van der Waals surface area contributed by atoms with E-state index in [-0.39, 0.29) is 12.1 Å². The predicted molar refractivity (Wildman–Crippen MR) is 87.8 cm³/mol. The standard InChI is InChI=1S/C12H16N6O6S/c1-25-4(2-5(19)20)16-12(24)8-10(14)17-7(9(13)18-8)11(23)15-3-6(21)22/h4H,2-3H2,1H3,(H2,13,18)(H2,14,17)(H,15,23)(H,16,24)(H,19,20)(H,21,22). The molecule has 0 radical (unpaired) electrons. The molecule has 0 aliphatic carbocycles. The van der Waals surface area contributed by atoms with Gasteiger partial charge < -0.3 is 32.3 Å². The zero-order chi connectivity index (χ0) is 19.1. The van der Waals surface area contributed by atoms with Crippen molar-refractivity contribution in [1.82, 2.24) is 20.6 Å². The molecule has 136 valence electrons. The maximum absolute atomic E-state index is 12.1. The number of aromatic nitrogens is 2. The average molecular weight is 372 g/mol. The molecule has 1 aromatic heterocycles. The molecule has 2 amide bonds. The highest BCUT2D eigenvalue weighted by molar-refractivity contribution is 7.99. The van der Waals surface area contributed by atoms with Gasteiger partial charge in [0.1, 0.15) is 6.54 Å². The van der Waals surface area contributed by atoms with E-state index < -0.39 is 53.0 Å². The van der Waals surface area contributed by atoms with Crippen LogP contribution in [0.4, 0.5) is 11.6 Å². The number of nitrogens with one attached hydrogen (secondary N) is 2. The van der Waals surface area contributed by atoms with E-state index in [0.29, 0.717) is 0 Å². The normalized spacial score (nSPS) is 11.4. The summed E-state index contributed by atoms with van der Waals surface area (Å²) in [5.74, 6) is -4.95. The minimum Gasteiger partial charge on any atom is -0.481 e. The molecule has 0 bridgehead atoms. The Hall–Kier alpha value is -3.09. The van der Waals surface area contributed by atoms with Gasteiger partial charge in [-0.1, -0.05) is 0 Å². The van der Waals surface area contributed by atoms with Gasteiger partial charge in [-0.2, -0.15) is 0 Å². The Balaban J connectivity index is 2.97. The maximum Gasteiger partial charge on any atom is 0.322 e. The Morgan fingerprint density at radius 1 is 1.04 bits per heavy atom. The molecule has 25 heavy (non-hydrogen) atoms. The lowest BCUT2D eigenvalue weighted by Gasteiger charge is -2.15. The van der Waals surface area contributed by atoms with Crippen LogP contribution in [0.3, 0.4) is 0 Å². The minimum absolute atomic E-state index is 0.328. The quantitative estimate of drug-likeness (QED) is 0.284. The van der Waals surface area contributed by atoms with Crippen molar-refractivity contribution >= 4 is 47.2 Å². The Kier molecular flexibility index (Phi) is 6.93. The SMILES string of the molecule is CSC(CC(=O)O)NC(=O)c1nc(N)c(C(=O)NCC(=O)O)nc1N. The number of nitrogen functional groups attached to an aromatic ring is 2. The summed E-state index contributed by atoms with van der Waals surface area (Å²) in [6, 6.07) is 0. The molecule has 13 heteroatoms. The number of hydrogen-bond acceptors (Lipinski definition) is 9. The summed E-state index contributed by atoms with van der Waals surface area (Å²) < 4.78 is 0. The molecule has 0 saturated heterocycles. The second-order valence-corrected chi connectivity index (χ2v) is 5.60. The van der Waals surface area contributed by atoms with E-state index in [9.17, 15) is 19.2 Å². The van der Waals surface area contributed by atoms with Crippen molar-refractivity contribution in [2.75, 3.05) is 24.3 Å². The first-order chi connectivity index (χ1) is 11.6. The third-order valence-electron chi connectivity index (χ3n) is 2.72. The van der Waals surface area contributed by atoms with Gasteiger partial charge in [0, 0.05) is 0 Å². The number of nitrogens with zero attached hydrogens (tertiary/aromatic N) is 2. The van der Waals surface area contributed by atoms with E-state index in [1.165, 1.54) is 0 Å². The Morgan fingerprint density at radius 2 is 1.56 bits per heavy atom. The number of carbonyl (C=O) groups is 4. The first-order valence-corrected chi connectivity index (χ1v) is 7.92. The molecule has 0 spiro atoms. The van der Waals surface area contributed by atoms with Gasteiger partial charge in [0.2, 0.25) is 0 Å². The number of nitrogens with two attached hydrogens (primary N) is 2. The van der Waals surface area contributed by atoms with Gasteiger partial charge in [-0.25, -0.2) is 9.97 Å². The molecule has 1 aromatic rings. The summed E-state index contributed by atoms with van der Waals surface area (Å²) in [5.41, 5.74) is 10.4. The second-order valence-electron chi connectivity index (χ2n) is 4.56. The molecular weight excluding hydrogens is 356 g/mol. The van der Waals surface area contributed by atoms with Crippen molar-refractivity contribution in [3.05, 3.63) is 11.4 Å². The Labute approximate surface area is 145 Å². The summed E-state index contributed by atoms with van der Waals surface area (Å²) in [6.07, 6.45) is 1.28. The van der Waals surface area contributed by atoms with E-state index in [1.807, 2.05) is 5.32 Å². The van der Waals surface area contributed by atoms with Crippen LogP contribution in [0.2, 0.25) is 0 Å². The third-order valence-corrected chi connectivity index (χ3v) is 3.57. The number of thioether (sulfide) groups is 1. The minimum atomic E-state index is -1.27. The number of hydrogen-bond donors (Lipinski definition) is 6. The Bertz CT molecular complexity index is 712. The predicted octanol–water partition coefficient (Wildman–Crippen LogP) is -1.65. The number of amides is 2. The fourth-order valence-corrected chi connectivity index (χ4v) is 2.14. The monoisotopic (exact) mass is 372 g/mol. The number of carboxylic acids is 2. The zero-order valence-electron chi connectivity index (χ0n) is 13.0. The van der Waals surface area contributed by atoms with Crippen LogP contribution >= 0.6 is 11.8 Å². The molecular formula is C12H16N6O6S. The molecule has 0 aliphatic heterocycles. The maximum atomic E-state index is 12.1. The van der Waals surface area contributed by atoms with Gasteiger partial charge in [-0.3, -0.25) is 19.2 Å². The van der Waals surface area contributed by atoms with Crippen LogP contribution in [0.15, 0.2) is 0 Å². The van der Waals surface area contributed by atoms with Crippen LogP contribution in [-0.2, 0) is 9.59 Å². The Morgan fingerprint density at radius 3 is 2.00 bits per heavy atom. The summed E-state index contributed by atoms with van der Waals surface area (Å²) >= 11 is 1.10. The molecule has 12 nitrogen and oxygen atoms in total. The highest BCUT2D eigenvalue weighted by atomic mass is 32.2. The lowest BCUT2D eigenvalue weighted by atomic mass is 10.3. The number of aliphatic carboxylic acids is 2. The summed E-state index contributed by atoms with van der Waals surface area (Å²) in [6.45, 7) is -0.660. The molecule has 1 atom stereocenters. The average Bonchev–Trinajstić information content (AvgIpc) is 2.52. The van der Waals surface area contributed by atoms with Gasteiger partial charge in [-0.15, -0.1) is 11.8 Å². The van der Waals surface area contributed by atoms with E-state index in [2.05, 4.69) is 15.3 Å². The second kappa shape index (κ2) is 8.68. The largest absolute Gasteiger partial charge is 0.481 e. The van der Waals surface area contributed by atoms with Gasteiger partial charge in [0.05, 0.1) is 11.8 Å². The third kappa shape index (κ3) is 5.80. The van der Waals surface area contributed by atoms with Crippen molar-refractivity contribution < 1.29 is 29.4 Å². The van der Waals surface area contributed by atoms with Crippen molar-refractivity contribution in [2.45, 2.75) is 11.8 Å². The number of carbonyl (C=O) groups excluding carboxylic acids is 2. The van der Waals surface area contributed by atoms with E-state index in [0.717, 1.165) is 11.8 Å². The molecule has 1 unspecified atom stereocenters. The number of rotatable bonds is 8. The van der Waals surface area contributed by atoms with Crippen LogP contribution in [0.25, 0.3) is 0 Å². The van der Waals surface area contributed by atoms with Gasteiger partial charge in [-0.05, 0) is 6.26 Å². The van der Waals surface area contributed by atoms with Gasteiger partial charge >= 0.3 is 11.9 Å². The fourth-order valence-electron chi connectivity index (χ4n) is 1.60. The van der Waals surface area contributed by atoms with Crippen LogP contribution in [0.1, 0.15) is 27.4 Å². The topological polar surface area (TPSA) is 211 Å². The van der Waals surface area contributed by atoms with Crippen LogP contribution in [0, 0.1) is 0 Å². The highest BCUT2D eigenvalue weighted by Gasteiger charge is 2.23. The molecule has 0 saturated carbocycles. The van der Waals surface area contributed by atoms with Gasteiger partial charge in [0.15, 0.2) is 23.0 Å². The summed E-state index contributed by atoms with van der Waals surface area (Å²) in [7, 11) is 0. The van der Waals surface area contributed by atoms with Crippen molar-refractivity contribution in [3.63, 3.8) is 0 Å². The zero-order valence-corrected chi connectivity index (χ0v) is 13.8. The highest BCUT2D eigenvalue weighted by Crippen LogP contribution is 2.15. The molecule has 0 aliphatic rings.